The van der Waals surface area contributed by atoms with E-state index in [0.717, 1.165) is 5.65 Å². The van der Waals surface area contributed by atoms with E-state index in [0.29, 0.717) is 0 Å². The number of nitrogens with zero attached hydrogens (tertiary/aromatic N) is 3. The normalized spacial score (nSPS) is 11.9. The Kier molecular flexibility index (Phi) is 3.94. The third kappa shape index (κ3) is 2.60. The van der Waals surface area contributed by atoms with Crippen LogP contribution in [0.1, 0.15) is 0 Å². The van der Waals surface area contributed by atoms with Gasteiger partial charge < -0.3 is 4.57 Å². The number of imidazole rings is 1. The maximum absolute atomic E-state index is 4.75. The molecular formula is C33H21N3. The van der Waals surface area contributed by atoms with Crippen LogP contribution in [0.15, 0.2) is 128 Å². The van der Waals surface area contributed by atoms with Gasteiger partial charge in [-0.05, 0) is 52.9 Å². The van der Waals surface area contributed by atoms with Crippen molar-refractivity contribution >= 4 is 49.1 Å². The van der Waals surface area contributed by atoms with Gasteiger partial charge in [0.2, 0.25) is 0 Å². The zero-order chi connectivity index (χ0) is 23.6. The second kappa shape index (κ2) is 7.30. The fourth-order valence-corrected chi connectivity index (χ4v) is 5.86. The molecule has 0 unspecified atom stereocenters. The van der Waals surface area contributed by atoms with E-state index in [-0.39, 0.29) is 0 Å². The molecule has 3 nitrogen and oxygen atoms in total. The van der Waals surface area contributed by atoms with E-state index in [9.17, 15) is 0 Å². The van der Waals surface area contributed by atoms with Gasteiger partial charge in [-0.2, -0.15) is 0 Å². The topological polar surface area (TPSA) is 22.2 Å². The first-order valence-electron chi connectivity index (χ1n) is 12.2. The summed E-state index contributed by atoms with van der Waals surface area (Å²) in [4.78, 5) is 4.75. The zero-order valence-electron chi connectivity index (χ0n) is 19.5. The van der Waals surface area contributed by atoms with E-state index >= 15 is 0 Å². The summed E-state index contributed by atoms with van der Waals surface area (Å²) in [6.45, 7) is 0. The molecule has 8 aromatic rings. The van der Waals surface area contributed by atoms with Crippen LogP contribution < -0.4 is 0 Å². The maximum atomic E-state index is 4.75. The molecule has 0 N–H and O–H groups in total. The lowest BCUT2D eigenvalue weighted by Gasteiger charge is -2.11. The molecule has 0 radical (unpaired) electrons. The largest absolute Gasteiger partial charge is 0.309 e. The van der Waals surface area contributed by atoms with Crippen molar-refractivity contribution in [1.82, 2.24) is 14.0 Å². The summed E-state index contributed by atoms with van der Waals surface area (Å²) < 4.78 is 4.57. The van der Waals surface area contributed by atoms with Crippen LogP contribution >= 0.6 is 0 Å². The third-order valence-electron chi connectivity index (χ3n) is 7.38. The van der Waals surface area contributed by atoms with Crippen LogP contribution in [0, 0.1) is 0 Å². The molecule has 0 saturated carbocycles. The molecular weight excluding hydrogens is 438 g/mol. The molecule has 0 fully saturated rings. The fraction of sp³-hybridized carbons (Fsp3) is 0. The second-order valence-corrected chi connectivity index (χ2v) is 9.29. The van der Waals surface area contributed by atoms with E-state index in [2.05, 4.69) is 130 Å². The minimum Gasteiger partial charge on any atom is -0.309 e. The molecule has 8 rings (SSSR count). The Hall–Kier alpha value is -4.89. The Balaban J connectivity index is 1.48. The maximum Gasteiger partial charge on any atom is 0.145 e. The van der Waals surface area contributed by atoms with Gasteiger partial charge in [-0.25, -0.2) is 4.98 Å². The Morgan fingerprint density at radius 1 is 0.528 bits per heavy atom. The van der Waals surface area contributed by atoms with Gasteiger partial charge in [-0.15, -0.1) is 0 Å². The minimum absolute atomic E-state index is 0.990. The van der Waals surface area contributed by atoms with Crippen molar-refractivity contribution < 1.29 is 0 Å². The van der Waals surface area contributed by atoms with Crippen LogP contribution in [0.4, 0.5) is 0 Å². The molecule has 3 heterocycles. The third-order valence-corrected chi connectivity index (χ3v) is 7.38. The van der Waals surface area contributed by atoms with Gasteiger partial charge in [0.25, 0.3) is 0 Å². The Labute approximate surface area is 207 Å². The quantitative estimate of drug-likeness (QED) is 0.238. The van der Waals surface area contributed by atoms with Crippen molar-refractivity contribution in [3.63, 3.8) is 0 Å². The summed E-state index contributed by atoms with van der Waals surface area (Å²) in [6, 6.07) is 41.4. The highest BCUT2D eigenvalue weighted by molar-refractivity contribution is 6.17. The molecule has 0 aliphatic rings. The first kappa shape index (κ1) is 19.4. The molecule has 0 aliphatic heterocycles. The molecule has 0 aliphatic carbocycles. The van der Waals surface area contributed by atoms with Crippen molar-refractivity contribution in [2.45, 2.75) is 0 Å². The Bertz CT molecular complexity index is 2100. The van der Waals surface area contributed by atoms with Gasteiger partial charge >= 0.3 is 0 Å². The number of fused-ring (bicyclic) bond motifs is 9. The number of aromatic nitrogens is 3. The number of para-hydroxylation sites is 3. The van der Waals surface area contributed by atoms with Crippen molar-refractivity contribution in [1.29, 1.82) is 0 Å². The molecule has 168 valence electrons. The smallest absolute Gasteiger partial charge is 0.145 e. The van der Waals surface area contributed by atoms with Gasteiger partial charge in [0.15, 0.2) is 0 Å². The van der Waals surface area contributed by atoms with Crippen LogP contribution in [0.25, 0.3) is 65.9 Å². The zero-order valence-corrected chi connectivity index (χ0v) is 19.5. The fourth-order valence-electron chi connectivity index (χ4n) is 5.86. The average molecular weight is 460 g/mol. The summed E-state index contributed by atoms with van der Waals surface area (Å²) in [6.07, 6.45) is 3.94. The highest BCUT2D eigenvalue weighted by Gasteiger charge is 2.17. The van der Waals surface area contributed by atoms with Crippen LogP contribution in [-0.2, 0) is 0 Å². The first-order valence-corrected chi connectivity index (χ1v) is 12.2. The molecule has 0 spiro atoms. The monoisotopic (exact) mass is 459 g/mol. The predicted molar refractivity (Wildman–Crippen MR) is 150 cm³/mol. The Morgan fingerprint density at radius 3 is 2.17 bits per heavy atom. The average Bonchev–Trinajstić information content (AvgIpc) is 3.57. The number of rotatable bonds is 2. The van der Waals surface area contributed by atoms with Crippen molar-refractivity contribution in [3.8, 4) is 16.8 Å². The van der Waals surface area contributed by atoms with Gasteiger partial charge in [-0.3, -0.25) is 4.40 Å². The number of hydrogen-bond donors (Lipinski definition) is 0. The standard InChI is InChI=1S/C33H21N3/c1-2-9-23(10-3-1)36-30-15-7-5-12-27(30)32-24(13-8-16-31(32)36)22-17-18-25-26-11-4-6-14-29(26)35-20-19-34-33(35)28(25)21-22/h1-21H. The lowest BCUT2D eigenvalue weighted by atomic mass is 9.96. The lowest BCUT2D eigenvalue weighted by Crippen LogP contribution is -1.93. The molecule has 3 heteroatoms. The van der Waals surface area contributed by atoms with E-state index in [1.807, 2.05) is 6.20 Å². The molecule has 3 aromatic heterocycles. The summed E-state index contributed by atoms with van der Waals surface area (Å²) in [5.74, 6) is 0. The van der Waals surface area contributed by atoms with Crippen molar-refractivity contribution in [2.75, 3.05) is 0 Å². The predicted octanol–water partition coefficient (Wildman–Crippen LogP) is 8.40. The molecule has 0 amide bonds. The highest BCUT2D eigenvalue weighted by atomic mass is 15.0. The second-order valence-electron chi connectivity index (χ2n) is 9.29. The first-order chi connectivity index (χ1) is 17.9. The van der Waals surface area contributed by atoms with Crippen molar-refractivity contribution in [2.24, 2.45) is 0 Å². The summed E-state index contributed by atoms with van der Waals surface area (Å²) in [7, 11) is 0. The van der Waals surface area contributed by atoms with Gasteiger partial charge in [0.1, 0.15) is 5.65 Å². The minimum atomic E-state index is 0.990. The molecule has 0 atom stereocenters. The van der Waals surface area contributed by atoms with Gasteiger partial charge in [0, 0.05) is 39.6 Å². The number of pyridine rings is 1. The highest BCUT2D eigenvalue weighted by Crippen LogP contribution is 2.40. The van der Waals surface area contributed by atoms with Crippen LogP contribution in [0.3, 0.4) is 0 Å². The van der Waals surface area contributed by atoms with Crippen LogP contribution in [0.5, 0.6) is 0 Å². The Morgan fingerprint density at radius 2 is 1.28 bits per heavy atom. The van der Waals surface area contributed by atoms with E-state index in [1.54, 1.807) is 0 Å². The SMILES string of the molecule is c1ccc(-n2c3ccccc3c3c(-c4ccc5c6ccccc6n6ccnc6c5c4)cccc32)cc1. The number of hydrogen-bond acceptors (Lipinski definition) is 1. The summed E-state index contributed by atoms with van der Waals surface area (Å²) in [5.41, 5.74) is 8.20. The molecule has 0 bridgehead atoms. The van der Waals surface area contributed by atoms with Gasteiger partial charge in [-0.1, -0.05) is 78.9 Å². The van der Waals surface area contributed by atoms with E-state index < -0.39 is 0 Å². The van der Waals surface area contributed by atoms with Crippen LogP contribution in [0.2, 0.25) is 0 Å². The lowest BCUT2D eigenvalue weighted by molar-refractivity contribution is 1.18. The molecule has 0 saturated heterocycles. The number of benzene rings is 5. The van der Waals surface area contributed by atoms with E-state index in [1.165, 1.54) is 60.3 Å². The van der Waals surface area contributed by atoms with E-state index in [4.69, 9.17) is 4.98 Å². The molecule has 5 aromatic carbocycles. The summed E-state index contributed by atoms with van der Waals surface area (Å²) >= 11 is 0. The summed E-state index contributed by atoms with van der Waals surface area (Å²) in [5, 5.41) is 6.17. The van der Waals surface area contributed by atoms with Crippen molar-refractivity contribution in [3.05, 3.63) is 128 Å². The van der Waals surface area contributed by atoms with Gasteiger partial charge in [0.05, 0.1) is 16.6 Å². The molecule has 36 heavy (non-hydrogen) atoms. The van der Waals surface area contributed by atoms with Crippen LogP contribution in [-0.4, -0.2) is 14.0 Å².